The van der Waals surface area contributed by atoms with Gasteiger partial charge in [0.25, 0.3) is 0 Å². The number of urea groups is 3. The van der Waals surface area contributed by atoms with Gasteiger partial charge in [-0.05, 0) is 59.3 Å². The van der Waals surface area contributed by atoms with Gasteiger partial charge in [-0.15, -0.1) is 30.6 Å². The monoisotopic (exact) mass is 1140 g/mol. The van der Waals surface area contributed by atoms with Crippen LogP contribution in [0.1, 0.15) is 91.0 Å². The third-order valence-electron chi connectivity index (χ3n) is 12.3. The van der Waals surface area contributed by atoms with Crippen molar-refractivity contribution >= 4 is 49.3 Å². The zero-order valence-corrected chi connectivity index (χ0v) is 44.1. The summed E-state index contributed by atoms with van der Waals surface area (Å²) in [5.41, 5.74) is 3.97. The molecule has 0 N–H and O–H groups in total. The van der Waals surface area contributed by atoms with E-state index < -0.39 is 85.5 Å². The van der Waals surface area contributed by atoms with E-state index in [0.29, 0.717) is 53.7 Å². The number of carbonyl (C=O) groups excluding carboxylic acids is 3. The first-order chi connectivity index (χ1) is 37.0. The molecule has 6 aliphatic rings. The fraction of sp³-hybridized carbons (Fsp3) is 0.400. The van der Waals surface area contributed by atoms with Crippen molar-refractivity contribution in [1.29, 1.82) is 0 Å². The van der Waals surface area contributed by atoms with E-state index in [1.807, 2.05) is 54.6 Å². The molecule has 0 unspecified atom stereocenters. The molecule has 78 heavy (non-hydrogen) atoms. The summed E-state index contributed by atoms with van der Waals surface area (Å²) in [4.78, 5) is 40.1. The van der Waals surface area contributed by atoms with Crippen molar-refractivity contribution in [2.45, 2.75) is 95.5 Å². The van der Waals surface area contributed by atoms with Crippen molar-refractivity contribution < 1.29 is 79.4 Å². The Morgan fingerprint density at radius 1 is 0.423 bits per heavy atom. The van der Waals surface area contributed by atoms with Gasteiger partial charge in [-0.1, -0.05) is 108 Å². The first kappa shape index (κ1) is 58.2. The highest BCUT2D eigenvalue weighted by molar-refractivity contribution is 7.81. The number of rotatable bonds is 9. The van der Waals surface area contributed by atoms with Crippen LogP contribution in [-0.4, -0.2) is 155 Å². The molecule has 420 valence electrons. The first-order valence-corrected chi connectivity index (χ1v) is 27.6. The molecule has 6 bridgehead atoms. The minimum Gasteiger partial charge on any atom is -0.724 e. The largest absolute Gasteiger partial charge is 0.724 e. The van der Waals surface area contributed by atoms with Crippen LogP contribution in [0.2, 0.25) is 0 Å². The van der Waals surface area contributed by atoms with E-state index in [1.54, 1.807) is 0 Å². The van der Waals surface area contributed by atoms with Crippen LogP contribution in [0.3, 0.4) is 0 Å². The van der Waals surface area contributed by atoms with Crippen molar-refractivity contribution in [2.24, 2.45) is 0 Å². The minimum absolute atomic E-state index is 0.251. The van der Waals surface area contributed by atoms with Crippen LogP contribution in [0.4, 0.5) is 14.4 Å². The summed E-state index contributed by atoms with van der Waals surface area (Å²) in [6.45, 7) is 7.00. The molecule has 0 aliphatic carbocycles. The normalized spacial score (nSPS) is 22.2. The average molecular weight is 1140 g/mol. The van der Waals surface area contributed by atoms with Crippen LogP contribution in [0.5, 0.6) is 0 Å². The summed E-state index contributed by atoms with van der Waals surface area (Å²) in [5.74, 6) is 0.830. The Hall–Kier alpha value is -7.50. The van der Waals surface area contributed by atoms with Crippen LogP contribution in [-0.2, 0) is 44.0 Å². The number of benzene rings is 3. The molecule has 12 rings (SSSR count). The van der Waals surface area contributed by atoms with Crippen LogP contribution in [0.25, 0.3) is 0 Å². The summed E-state index contributed by atoms with van der Waals surface area (Å²) < 4.78 is 123. The Bertz CT molecular complexity index is 2870. The molecule has 6 aliphatic heterocycles. The molecule has 6 aromatic rings. The number of amides is 6. The van der Waals surface area contributed by atoms with Gasteiger partial charge in [0, 0.05) is 19.6 Å². The second kappa shape index (κ2) is 25.8. The molecule has 30 nitrogen and oxygen atoms in total. The number of carbonyl (C=O) groups is 3. The topological polar surface area (TPSA) is 387 Å². The predicted octanol–water partition coefficient (Wildman–Crippen LogP) is 4.19. The lowest BCUT2D eigenvalue weighted by Gasteiger charge is -2.27. The minimum atomic E-state index is -4.97. The molecule has 0 saturated carbocycles. The summed E-state index contributed by atoms with van der Waals surface area (Å²) in [7, 11) is -14.9. The standard InChI is InChI=1S/3C8H10N4O6S.3C7H8/c3*13-8-11-3-5(12(8)18-19(14,15)16)1-2-6(11)7-10-9-4-17-7;3*1-7-5-3-2-4-6-7/h3*4-6H,1-3H2,(H,14,15,16);3*2-6H,1H3/p-3/t3*5-,6+;;;/m111.../s1. The number of aromatic nitrogens is 6. The Morgan fingerprint density at radius 3 is 0.846 bits per heavy atom. The number of aryl methyl sites for hydroxylation is 3. The van der Waals surface area contributed by atoms with Gasteiger partial charge in [0.2, 0.25) is 68.1 Å². The van der Waals surface area contributed by atoms with Crippen molar-refractivity contribution in [2.75, 3.05) is 19.6 Å². The predicted molar refractivity (Wildman–Crippen MR) is 258 cm³/mol. The SMILES string of the molecule is Cc1ccccc1.Cc1ccccc1.Cc1ccccc1.O=C1N2C[C@@H](CC[C@H]2c2nnco2)N1OS(=O)(=O)[O-].O=C1N2C[C@@H](CC[C@H]2c2nnco2)N1OS(=O)(=O)[O-].O=C1N2C[C@@H](CC[C@H]2c2nnco2)N1OS(=O)(=O)[O-]. The first-order valence-electron chi connectivity index (χ1n) is 23.6. The van der Waals surface area contributed by atoms with Gasteiger partial charge in [-0.25, -0.2) is 39.6 Å². The van der Waals surface area contributed by atoms with Crippen LogP contribution in [0.15, 0.2) is 123 Å². The average Bonchev–Trinajstić information content (AvgIpc) is 4.46. The van der Waals surface area contributed by atoms with Crippen LogP contribution < -0.4 is 0 Å². The van der Waals surface area contributed by atoms with Gasteiger partial charge >= 0.3 is 18.1 Å². The van der Waals surface area contributed by atoms with E-state index >= 15 is 0 Å². The maximum absolute atomic E-state index is 12.0. The lowest BCUT2D eigenvalue weighted by Crippen LogP contribution is -2.35. The van der Waals surface area contributed by atoms with Crippen LogP contribution >= 0.6 is 0 Å². The number of fused-ring (bicyclic) bond motifs is 6. The molecule has 0 spiro atoms. The van der Waals surface area contributed by atoms with E-state index in [1.165, 1.54) is 31.4 Å². The van der Waals surface area contributed by atoms with Gasteiger partial charge in [-0.2, -0.15) is 28.0 Å². The van der Waals surface area contributed by atoms with E-state index in [0.717, 1.165) is 19.2 Å². The van der Waals surface area contributed by atoms with Crippen molar-refractivity contribution in [3.8, 4) is 0 Å². The smallest absolute Gasteiger partial charge is 0.346 e. The molecular weight excluding hydrogens is 1090 g/mol. The van der Waals surface area contributed by atoms with Crippen molar-refractivity contribution in [1.82, 2.24) is 60.5 Å². The zero-order chi connectivity index (χ0) is 56.2. The quantitative estimate of drug-likeness (QED) is 0.145. The highest BCUT2D eigenvalue weighted by Crippen LogP contribution is 2.40. The van der Waals surface area contributed by atoms with Gasteiger partial charge < -0.3 is 41.6 Å². The number of piperidine rings is 3. The lowest BCUT2D eigenvalue weighted by molar-refractivity contribution is -0.0329. The molecule has 0 radical (unpaired) electrons. The second-order valence-electron chi connectivity index (χ2n) is 17.8. The van der Waals surface area contributed by atoms with E-state index in [4.69, 9.17) is 13.3 Å². The Balaban J connectivity index is 0.000000143. The summed E-state index contributed by atoms with van der Waals surface area (Å²) in [6.07, 6.45) is 6.46. The molecule has 6 saturated heterocycles. The van der Waals surface area contributed by atoms with Gasteiger partial charge in [0.05, 0.1) is 18.1 Å². The van der Waals surface area contributed by atoms with E-state index in [2.05, 4.69) is 101 Å². The summed E-state index contributed by atoms with van der Waals surface area (Å²) in [6, 6.07) is 26.1. The third kappa shape index (κ3) is 16.0. The highest BCUT2D eigenvalue weighted by Gasteiger charge is 2.51. The highest BCUT2D eigenvalue weighted by atomic mass is 32.3. The Kier molecular flexibility index (Phi) is 19.2. The molecule has 6 amide bonds. The molecular formula is C45H51N12O18S3-3. The maximum Gasteiger partial charge on any atom is 0.346 e. The van der Waals surface area contributed by atoms with E-state index in [9.17, 15) is 53.3 Å². The molecule has 3 aromatic carbocycles. The van der Waals surface area contributed by atoms with Gasteiger partial charge in [-0.3, -0.25) is 0 Å². The number of hydrogen-bond donors (Lipinski definition) is 0. The fourth-order valence-electron chi connectivity index (χ4n) is 8.84. The van der Waals surface area contributed by atoms with E-state index in [-0.39, 0.29) is 37.3 Å². The number of hydroxylamine groups is 6. The maximum atomic E-state index is 12.0. The Labute approximate surface area is 447 Å². The lowest BCUT2D eigenvalue weighted by atomic mass is 10.0. The fourth-order valence-corrected chi connectivity index (χ4v) is 9.99. The second-order valence-corrected chi connectivity index (χ2v) is 20.7. The summed E-state index contributed by atoms with van der Waals surface area (Å²) in [5, 5.41) is 23.7. The molecule has 33 heteroatoms. The molecule has 6 atom stereocenters. The van der Waals surface area contributed by atoms with Crippen molar-refractivity contribution in [3.05, 3.63) is 145 Å². The third-order valence-corrected chi connectivity index (χ3v) is 13.3. The molecule has 3 aromatic heterocycles. The van der Waals surface area contributed by atoms with Gasteiger partial charge in [0.1, 0.15) is 18.1 Å². The van der Waals surface area contributed by atoms with Crippen LogP contribution in [0, 0.1) is 20.8 Å². The molecule has 9 heterocycles. The number of hydrogen-bond acceptors (Lipinski definition) is 24. The Morgan fingerprint density at radius 2 is 0.667 bits per heavy atom. The summed E-state index contributed by atoms with van der Waals surface area (Å²) >= 11 is 0. The van der Waals surface area contributed by atoms with Crippen molar-refractivity contribution in [3.63, 3.8) is 0 Å². The molecule has 6 fully saturated rings. The zero-order valence-electron chi connectivity index (χ0n) is 41.7. The van der Waals surface area contributed by atoms with Gasteiger partial charge in [0.15, 0.2) is 0 Å². The number of nitrogens with zero attached hydrogens (tertiary/aromatic N) is 12.